The number of aliphatic imine (C=N–C) groups is 1. The summed E-state index contributed by atoms with van der Waals surface area (Å²) in [5.74, 6) is 1.19. The van der Waals surface area contributed by atoms with Gasteiger partial charge in [0.15, 0.2) is 0 Å². The van der Waals surface area contributed by atoms with Gasteiger partial charge in [-0.1, -0.05) is 24.4 Å². The Morgan fingerprint density at radius 2 is 1.86 bits per heavy atom. The van der Waals surface area contributed by atoms with Crippen molar-refractivity contribution < 1.29 is 4.74 Å². The Hall–Kier alpha value is -3.29. The lowest BCUT2D eigenvalue weighted by Crippen LogP contribution is -2.31. The van der Waals surface area contributed by atoms with Crippen molar-refractivity contribution in [2.24, 2.45) is 4.99 Å². The van der Waals surface area contributed by atoms with Crippen molar-refractivity contribution in [2.45, 2.75) is 25.7 Å². The van der Waals surface area contributed by atoms with Crippen LogP contribution in [0, 0.1) is 22.8 Å². The largest absolute Gasteiger partial charge is 0.494 e. The second-order valence-corrected chi connectivity index (χ2v) is 6.31. The molecule has 0 aliphatic rings. The number of ether oxygens (including phenoxy) is 1. The smallest absolute Gasteiger partial charge is 0.211 e. The van der Waals surface area contributed by atoms with Gasteiger partial charge in [0.2, 0.25) is 12.2 Å². The molecule has 0 saturated heterocycles. The fraction of sp³-hybridized carbons (Fsp3) is 0.300. The number of halogens is 1. The molecule has 2 N–H and O–H groups in total. The van der Waals surface area contributed by atoms with Gasteiger partial charge in [-0.05, 0) is 49.2 Å². The summed E-state index contributed by atoms with van der Waals surface area (Å²) >= 11 is 5.84. The first kappa shape index (κ1) is 21.0. The Kier molecular flexibility index (Phi) is 9.13. The number of nitrogens with one attached hydrogen (secondary N) is 2. The second-order valence-electron chi connectivity index (χ2n) is 5.87. The molecule has 0 amide bonds. The standard InChI is InChI=1S/C20H21ClN6O/c21-16-5-9-19(10-6-16)28-12-4-2-1-3-11-24-20(26-15-23)27-18-8-7-17(13-22)25-14-18/h5-10,14H,1-4,11-12H2,(H2,24,26,27). The number of hydrogen-bond donors (Lipinski definition) is 2. The highest BCUT2D eigenvalue weighted by Crippen LogP contribution is 2.15. The summed E-state index contributed by atoms with van der Waals surface area (Å²) in [6.45, 7) is 1.36. The molecule has 0 unspecified atom stereocenters. The molecule has 0 spiro atoms. The molecule has 144 valence electrons. The quantitative estimate of drug-likeness (QED) is 0.286. The molecular weight excluding hydrogens is 376 g/mol. The van der Waals surface area contributed by atoms with E-state index in [-0.39, 0.29) is 0 Å². The summed E-state index contributed by atoms with van der Waals surface area (Å²) in [5, 5.41) is 24.3. The van der Waals surface area contributed by atoms with Gasteiger partial charge in [0, 0.05) is 11.6 Å². The van der Waals surface area contributed by atoms with E-state index in [9.17, 15) is 0 Å². The van der Waals surface area contributed by atoms with Crippen molar-refractivity contribution in [1.82, 2.24) is 10.3 Å². The van der Waals surface area contributed by atoms with Gasteiger partial charge in [-0.3, -0.25) is 0 Å². The summed E-state index contributed by atoms with van der Waals surface area (Å²) in [6.07, 6.45) is 7.28. The van der Waals surface area contributed by atoms with Crippen LogP contribution in [-0.4, -0.2) is 24.1 Å². The zero-order valence-corrected chi connectivity index (χ0v) is 16.1. The Morgan fingerprint density at radius 1 is 1.07 bits per heavy atom. The highest BCUT2D eigenvalue weighted by atomic mass is 35.5. The van der Waals surface area contributed by atoms with Crippen molar-refractivity contribution in [3.05, 3.63) is 53.3 Å². The first-order valence-electron chi connectivity index (χ1n) is 8.93. The van der Waals surface area contributed by atoms with Crippen LogP contribution in [0.2, 0.25) is 5.02 Å². The molecule has 7 nitrogen and oxygen atoms in total. The van der Waals surface area contributed by atoms with Gasteiger partial charge in [-0.25, -0.2) is 4.98 Å². The van der Waals surface area contributed by atoms with Crippen LogP contribution < -0.4 is 15.4 Å². The molecule has 1 aromatic heterocycles. The van der Waals surface area contributed by atoms with Gasteiger partial charge in [-0.15, -0.1) is 4.99 Å². The number of pyridine rings is 1. The van der Waals surface area contributed by atoms with E-state index in [1.165, 1.54) is 6.20 Å². The van der Waals surface area contributed by atoms with Gasteiger partial charge in [0.05, 0.1) is 18.5 Å². The minimum absolute atomic E-state index is 0.331. The summed E-state index contributed by atoms with van der Waals surface area (Å²) in [7, 11) is 0. The third-order valence-electron chi connectivity index (χ3n) is 3.75. The fourth-order valence-corrected chi connectivity index (χ4v) is 2.47. The molecule has 0 fully saturated rings. The van der Waals surface area contributed by atoms with Gasteiger partial charge in [0.25, 0.3) is 0 Å². The molecule has 1 aromatic carbocycles. The number of guanidine groups is 1. The molecule has 2 aromatic rings. The van der Waals surface area contributed by atoms with Gasteiger partial charge in [0.1, 0.15) is 17.5 Å². The summed E-state index contributed by atoms with van der Waals surface area (Å²) < 4.78 is 5.66. The van der Waals surface area contributed by atoms with E-state index in [1.807, 2.05) is 30.3 Å². The molecule has 0 saturated carbocycles. The summed E-state index contributed by atoms with van der Waals surface area (Å²) in [4.78, 5) is 7.69. The van der Waals surface area contributed by atoms with Crippen LogP contribution in [-0.2, 0) is 0 Å². The summed E-state index contributed by atoms with van der Waals surface area (Å²) in [6, 6.07) is 12.6. The number of unbranched alkanes of at least 4 members (excludes halogenated alkanes) is 3. The lowest BCUT2D eigenvalue weighted by Gasteiger charge is -2.11. The van der Waals surface area contributed by atoms with E-state index in [4.69, 9.17) is 26.9 Å². The van der Waals surface area contributed by atoms with Crippen LogP contribution in [0.1, 0.15) is 31.4 Å². The number of rotatable bonds is 9. The molecule has 2 rings (SSSR count). The molecule has 8 heteroatoms. The summed E-state index contributed by atoms with van der Waals surface area (Å²) in [5.41, 5.74) is 0.983. The zero-order valence-electron chi connectivity index (χ0n) is 15.4. The molecule has 0 aliphatic carbocycles. The Balaban J connectivity index is 1.59. The number of hydrogen-bond acceptors (Lipinski definition) is 5. The Labute approximate surface area is 169 Å². The molecule has 0 bridgehead atoms. The number of benzene rings is 1. The lowest BCUT2D eigenvalue weighted by atomic mass is 10.2. The minimum Gasteiger partial charge on any atom is -0.494 e. The maximum Gasteiger partial charge on any atom is 0.211 e. The lowest BCUT2D eigenvalue weighted by molar-refractivity contribution is 0.304. The molecule has 0 atom stereocenters. The highest BCUT2D eigenvalue weighted by Gasteiger charge is 2.01. The van der Waals surface area contributed by atoms with E-state index < -0.39 is 0 Å². The van der Waals surface area contributed by atoms with E-state index in [0.29, 0.717) is 35.5 Å². The van der Waals surface area contributed by atoms with Crippen LogP contribution >= 0.6 is 11.6 Å². The molecule has 0 radical (unpaired) electrons. The van der Waals surface area contributed by atoms with Crippen molar-refractivity contribution in [3.8, 4) is 18.0 Å². The number of anilines is 1. The van der Waals surface area contributed by atoms with Gasteiger partial charge >= 0.3 is 0 Å². The zero-order chi connectivity index (χ0) is 20.0. The number of nitriles is 2. The number of aromatic nitrogens is 1. The van der Waals surface area contributed by atoms with Crippen LogP contribution in [0.15, 0.2) is 47.6 Å². The third kappa shape index (κ3) is 7.94. The highest BCUT2D eigenvalue weighted by molar-refractivity contribution is 6.30. The van der Waals surface area contributed by atoms with E-state index in [2.05, 4.69) is 20.6 Å². The molecule has 1 heterocycles. The Morgan fingerprint density at radius 3 is 2.54 bits per heavy atom. The van der Waals surface area contributed by atoms with Crippen molar-refractivity contribution in [2.75, 3.05) is 18.5 Å². The first-order chi connectivity index (χ1) is 13.7. The Bertz CT molecular complexity index is 837. The average molecular weight is 397 g/mol. The maximum absolute atomic E-state index is 8.81. The second kappa shape index (κ2) is 12.2. The first-order valence-corrected chi connectivity index (χ1v) is 9.31. The SMILES string of the molecule is N#C/N=C(/NCCCCCCOc1ccc(Cl)cc1)Nc1ccc(C#N)nc1. The predicted molar refractivity (Wildman–Crippen MR) is 109 cm³/mol. The minimum atomic E-state index is 0.331. The van der Waals surface area contributed by atoms with Crippen LogP contribution in [0.3, 0.4) is 0 Å². The van der Waals surface area contributed by atoms with Gasteiger partial charge in [-0.2, -0.15) is 10.5 Å². The van der Waals surface area contributed by atoms with Crippen LogP contribution in [0.4, 0.5) is 5.69 Å². The molecule has 0 aliphatic heterocycles. The van der Waals surface area contributed by atoms with E-state index in [1.54, 1.807) is 18.3 Å². The molecule has 28 heavy (non-hydrogen) atoms. The van der Waals surface area contributed by atoms with E-state index in [0.717, 1.165) is 31.4 Å². The average Bonchev–Trinajstić information content (AvgIpc) is 2.72. The molecular formula is C20H21ClN6O. The van der Waals surface area contributed by atoms with E-state index >= 15 is 0 Å². The fourth-order valence-electron chi connectivity index (χ4n) is 2.34. The maximum atomic E-state index is 8.81. The van der Waals surface area contributed by atoms with Crippen molar-refractivity contribution in [3.63, 3.8) is 0 Å². The normalized spacial score (nSPS) is 10.6. The van der Waals surface area contributed by atoms with Gasteiger partial charge < -0.3 is 15.4 Å². The monoisotopic (exact) mass is 396 g/mol. The number of nitrogens with zero attached hydrogens (tertiary/aromatic N) is 4. The van der Waals surface area contributed by atoms with Crippen molar-refractivity contribution >= 4 is 23.2 Å². The van der Waals surface area contributed by atoms with Crippen molar-refractivity contribution in [1.29, 1.82) is 10.5 Å². The topological polar surface area (TPSA) is 106 Å². The van der Waals surface area contributed by atoms with Crippen LogP contribution in [0.5, 0.6) is 5.75 Å². The predicted octanol–water partition coefficient (Wildman–Crippen LogP) is 4.08. The van der Waals surface area contributed by atoms with Crippen LogP contribution in [0.25, 0.3) is 0 Å². The third-order valence-corrected chi connectivity index (χ3v) is 4.00.